The van der Waals surface area contributed by atoms with Crippen LogP contribution >= 0.6 is 27.3 Å². The van der Waals surface area contributed by atoms with E-state index in [4.69, 9.17) is 5.73 Å². The summed E-state index contributed by atoms with van der Waals surface area (Å²) >= 11 is 4.70. The monoisotopic (exact) mass is 312 g/mol. The van der Waals surface area contributed by atoms with Gasteiger partial charge in [0.15, 0.2) is 0 Å². The normalized spacial score (nSPS) is 10.2. The molecule has 0 aliphatic rings. The van der Waals surface area contributed by atoms with Crippen LogP contribution in [0.5, 0.6) is 0 Å². The number of thiazole rings is 1. The minimum Gasteiger partial charge on any atom is -0.397 e. The number of aryl methyl sites for hydroxylation is 1. The van der Waals surface area contributed by atoms with Crippen LogP contribution in [0.25, 0.3) is 0 Å². The molecule has 0 atom stereocenters. The zero-order valence-corrected chi connectivity index (χ0v) is 11.3. The lowest BCUT2D eigenvalue weighted by Crippen LogP contribution is -2.14. The Morgan fingerprint density at radius 2 is 2.35 bits per heavy atom. The molecule has 7 heteroatoms. The lowest BCUT2D eigenvalue weighted by Gasteiger charge is -2.05. The number of carbonyl (C=O) groups is 1. The second kappa shape index (κ2) is 4.80. The standard InChI is InChI=1S/C10H9BrN4OS/c1-5-14-8(4-17-5)10(16)15-9-7(11)2-6(12)3-13-9/h2-4H,12H2,1H3,(H,13,15,16). The molecule has 0 saturated heterocycles. The maximum Gasteiger partial charge on any atom is 0.276 e. The molecule has 0 bridgehead atoms. The molecule has 2 aromatic heterocycles. The van der Waals surface area contributed by atoms with Gasteiger partial charge in [-0.15, -0.1) is 11.3 Å². The van der Waals surface area contributed by atoms with Gasteiger partial charge in [-0.3, -0.25) is 4.79 Å². The van der Waals surface area contributed by atoms with Crippen LogP contribution in [0.3, 0.4) is 0 Å². The van der Waals surface area contributed by atoms with Crippen LogP contribution in [0.1, 0.15) is 15.5 Å². The fraction of sp³-hybridized carbons (Fsp3) is 0.100. The molecule has 0 radical (unpaired) electrons. The van der Waals surface area contributed by atoms with Crippen molar-refractivity contribution in [3.05, 3.63) is 32.8 Å². The molecule has 2 aromatic rings. The number of nitrogens with one attached hydrogen (secondary N) is 1. The molecule has 0 saturated carbocycles. The third-order valence-electron chi connectivity index (χ3n) is 1.95. The van der Waals surface area contributed by atoms with Gasteiger partial charge < -0.3 is 11.1 Å². The van der Waals surface area contributed by atoms with E-state index in [1.165, 1.54) is 17.5 Å². The van der Waals surface area contributed by atoms with Gasteiger partial charge in [-0.1, -0.05) is 0 Å². The number of nitrogens with zero attached hydrogens (tertiary/aromatic N) is 2. The van der Waals surface area contributed by atoms with E-state index in [2.05, 4.69) is 31.2 Å². The Kier molecular flexibility index (Phi) is 3.39. The summed E-state index contributed by atoms with van der Waals surface area (Å²) in [5.74, 6) is 0.141. The van der Waals surface area contributed by atoms with Crippen molar-refractivity contribution in [2.24, 2.45) is 0 Å². The van der Waals surface area contributed by atoms with Crippen LogP contribution in [0.15, 0.2) is 22.1 Å². The van der Waals surface area contributed by atoms with E-state index < -0.39 is 0 Å². The fourth-order valence-electron chi connectivity index (χ4n) is 1.18. The van der Waals surface area contributed by atoms with Gasteiger partial charge in [-0.25, -0.2) is 9.97 Å². The summed E-state index contributed by atoms with van der Waals surface area (Å²) in [7, 11) is 0. The summed E-state index contributed by atoms with van der Waals surface area (Å²) in [6.07, 6.45) is 1.48. The molecule has 1 amide bonds. The van der Waals surface area contributed by atoms with Crippen molar-refractivity contribution in [3.8, 4) is 0 Å². The van der Waals surface area contributed by atoms with Crippen LogP contribution in [0, 0.1) is 6.92 Å². The lowest BCUT2D eigenvalue weighted by atomic mass is 10.4. The Balaban J connectivity index is 2.18. The number of nitrogen functional groups attached to an aromatic ring is 1. The molecule has 0 fully saturated rings. The smallest absolute Gasteiger partial charge is 0.276 e. The average Bonchev–Trinajstić information content (AvgIpc) is 2.69. The summed E-state index contributed by atoms with van der Waals surface area (Å²) in [6.45, 7) is 1.85. The predicted molar refractivity (Wildman–Crippen MR) is 71.2 cm³/mol. The molecule has 2 heterocycles. The van der Waals surface area contributed by atoms with Crippen molar-refractivity contribution in [2.45, 2.75) is 6.92 Å². The molecule has 0 aliphatic carbocycles. The maximum atomic E-state index is 11.8. The first-order valence-corrected chi connectivity index (χ1v) is 6.38. The van der Waals surface area contributed by atoms with E-state index >= 15 is 0 Å². The van der Waals surface area contributed by atoms with Gasteiger partial charge in [0.05, 0.1) is 21.4 Å². The van der Waals surface area contributed by atoms with Crippen molar-refractivity contribution < 1.29 is 4.79 Å². The second-order valence-electron chi connectivity index (χ2n) is 3.30. The van der Waals surface area contributed by atoms with Gasteiger partial charge in [-0.05, 0) is 28.9 Å². The Labute approximate surface area is 110 Å². The third-order valence-corrected chi connectivity index (χ3v) is 3.32. The highest BCUT2D eigenvalue weighted by molar-refractivity contribution is 9.10. The third kappa shape index (κ3) is 2.80. The number of hydrogen-bond donors (Lipinski definition) is 2. The van der Waals surface area contributed by atoms with Crippen LogP contribution < -0.4 is 11.1 Å². The van der Waals surface area contributed by atoms with Gasteiger partial charge in [0.25, 0.3) is 5.91 Å². The first kappa shape index (κ1) is 12.0. The van der Waals surface area contributed by atoms with E-state index in [0.717, 1.165) is 5.01 Å². The zero-order chi connectivity index (χ0) is 12.4. The van der Waals surface area contributed by atoms with Gasteiger partial charge in [0.2, 0.25) is 0 Å². The Morgan fingerprint density at radius 3 is 2.94 bits per heavy atom. The van der Waals surface area contributed by atoms with E-state index in [1.807, 2.05) is 6.92 Å². The summed E-state index contributed by atoms with van der Waals surface area (Å²) in [5.41, 5.74) is 6.47. The first-order chi connectivity index (χ1) is 8.06. The highest BCUT2D eigenvalue weighted by Crippen LogP contribution is 2.22. The molecule has 5 nitrogen and oxygen atoms in total. The molecule has 3 N–H and O–H groups in total. The Hall–Kier alpha value is -1.47. The minimum absolute atomic E-state index is 0.285. The molecular formula is C10H9BrN4OS. The first-order valence-electron chi connectivity index (χ1n) is 4.71. The van der Waals surface area contributed by atoms with Crippen LogP contribution in [0.2, 0.25) is 0 Å². The van der Waals surface area contributed by atoms with Crippen molar-refractivity contribution in [1.29, 1.82) is 0 Å². The van der Waals surface area contributed by atoms with Gasteiger partial charge >= 0.3 is 0 Å². The SMILES string of the molecule is Cc1nc(C(=O)Nc2ncc(N)cc2Br)cs1. The fourth-order valence-corrected chi connectivity index (χ4v) is 2.24. The van der Waals surface area contributed by atoms with E-state index in [9.17, 15) is 4.79 Å². The highest BCUT2D eigenvalue weighted by atomic mass is 79.9. The maximum absolute atomic E-state index is 11.8. The van der Waals surface area contributed by atoms with Crippen molar-refractivity contribution in [3.63, 3.8) is 0 Å². The number of carbonyl (C=O) groups excluding carboxylic acids is 1. The molecule has 0 spiro atoms. The van der Waals surface area contributed by atoms with Gasteiger partial charge in [-0.2, -0.15) is 0 Å². The number of hydrogen-bond acceptors (Lipinski definition) is 5. The van der Waals surface area contributed by atoms with Crippen molar-refractivity contribution >= 4 is 44.7 Å². The topological polar surface area (TPSA) is 80.9 Å². The van der Waals surface area contributed by atoms with Gasteiger partial charge in [0.1, 0.15) is 11.5 Å². The Bertz CT molecular complexity index is 569. The molecule has 0 aliphatic heterocycles. The van der Waals surface area contributed by atoms with E-state index in [1.54, 1.807) is 11.4 Å². The molecule has 2 rings (SSSR count). The molecule has 0 unspecified atom stereocenters. The summed E-state index contributed by atoms with van der Waals surface area (Å²) in [4.78, 5) is 19.9. The van der Waals surface area contributed by atoms with Crippen molar-refractivity contribution in [1.82, 2.24) is 9.97 Å². The molecule has 17 heavy (non-hydrogen) atoms. The predicted octanol–water partition coefficient (Wildman–Crippen LogP) is 2.44. The summed E-state index contributed by atoms with van der Waals surface area (Å²) in [5, 5.41) is 5.21. The number of aromatic nitrogens is 2. The number of amides is 1. The van der Waals surface area contributed by atoms with Crippen LogP contribution in [0.4, 0.5) is 11.5 Å². The van der Waals surface area contributed by atoms with Crippen LogP contribution in [-0.4, -0.2) is 15.9 Å². The number of anilines is 2. The van der Waals surface area contributed by atoms with E-state index in [-0.39, 0.29) is 5.91 Å². The molecular weight excluding hydrogens is 304 g/mol. The lowest BCUT2D eigenvalue weighted by molar-refractivity contribution is 0.102. The Morgan fingerprint density at radius 1 is 1.59 bits per heavy atom. The second-order valence-corrected chi connectivity index (χ2v) is 5.22. The van der Waals surface area contributed by atoms with E-state index in [0.29, 0.717) is 21.7 Å². The number of halogens is 1. The molecule has 88 valence electrons. The highest BCUT2D eigenvalue weighted by Gasteiger charge is 2.12. The minimum atomic E-state index is -0.285. The number of rotatable bonds is 2. The van der Waals surface area contributed by atoms with Crippen LogP contribution in [-0.2, 0) is 0 Å². The summed E-state index contributed by atoms with van der Waals surface area (Å²) < 4.78 is 0.637. The number of nitrogens with two attached hydrogens (primary N) is 1. The largest absolute Gasteiger partial charge is 0.397 e. The average molecular weight is 313 g/mol. The summed E-state index contributed by atoms with van der Waals surface area (Å²) in [6, 6.07) is 1.68. The van der Waals surface area contributed by atoms with Gasteiger partial charge in [0, 0.05) is 5.38 Å². The number of pyridine rings is 1. The van der Waals surface area contributed by atoms with Crippen molar-refractivity contribution in [2.75, 3.05) is 11.1 Å². The molecule has 0 aromatic carbocycles. The zero-order valence-electron chi connectivity index (χ0n) is 8.90. The quantitative estimate of drug-likeness (QED) is 0.892.